The van der Waals surface area contributed by atoms with Crippen LogP contribution in [0.25, 0.3) is 55.4 Å². The summed E-state index contributed by atoms with van der Waals surface area (Å²) < 4.78 is 48.1. The van der Waals surface area contributed by atoms with Gasteiger partial charge in [0, 0.05) is 51.8 Å². The van der Waals surface area contributed by atoms with Gasteiger partial charge < -0.3 is 28.8 Å². The second-order valence-corrected chi connectivity index (χ2v) is 22.9. The van der Waals surface area contributed by atoms with E-state index in [2.05, 4.69) is 130 Å². The first-order valence-electron chi connectivity index (χ1n) is 24.1. The van der Waals surface area contributed by atoms with Crippen molar-refractivity contribution in [2.45, 2.75) is 125 Å². The van der Waals surface area contributed by atoms with Gasteiger partial charge in [-0.1, -0.05) is 107 Å². The number of nitrogens with zero attached hydrogens (tertiary/aromatic N) is 2. The molecule has 0 fully saturated rings. The molecule has 0 spiro atoms. The fourth-order valence-corrected chi connectivity index (χ4v) is 9.24. The molecule has 0 radical (unpaired) electrons. The van der Waals surface area contributed by atoms with Gasteiger partial charge in [0.05, 0.1) is 35.6 Å². The summed E-state index contributed by atoms with van der Waals surface area (Å²) >= 11 is 0. The Balaban J connectivity index is 1.18. The summed E-state index contributed by atoms with van der Waals surface area (Å²) in [5.41, 5.74) is 9.50. The first kappa shape index (κ1) is 48.9. The number of aromatic hydroxyl groups is 2. The Bertz CT molecular complexity index is 3170. The van der Waals surface area contributed by atoms with Crippen LogP contribution in [-0.4, -0.2) is 32.6 Å². The van der Waals surface area contributed by atoms with Gasteiger partial charge in [0.1, 0.15) is 34.6 Å². The highest BCUT2D eigenvalue weighted by molar-refractivity contribution is 6.10. The van der Waals surface area contributed by atoms with E-state index in [1.165, 1.54) is 35.4 Å². The number of ether oxygens (including phenoxy) is 2. The molecule has 0 aliphatic carbocycles. The lowest BCUT2D eigenvalue weighted by atomic mass is 9.84. The van der Waals surface area contributed by atoms with Crippen molar-refractivity contribution in [1.82, 2.24) is 9.13 Å². The third kappa shape index (κ3) is 9.60. The molecule has 0 bridgehead atoms. The van der Waals surface area contributed by atoms with E-state index in [1.807, 2.05) is 54.2 Å². The van der Waals surface area contributed by atoms with Gasteiger partial charge in [-0.2, -0.15) is 0 Å². The number of phenols is 2. The summed E-state index contributed by atoms with van der Waals surface area (Å²) in [6.07, 6.45) is 4.15. The molecule has 2 aromatic heterocycles. The minimum Gasteiger partial charge on any atom is -0.505 e. The molecule has 360 valence electrons. The molecule has 8 aromatic rings. The number of benzene rings is 6. The Morgan fingerprint density at radius 2 is 0.855 bits per heavy atom. The maximum absolute atomic E-state index is 15.8. The van der Waals surface area contributed by atoms with Crippen LogP contribution in [0.2, 0.25) is 0 Å². The molecule has 0 atom stereocenters. The Hall–Kier alpha value is -6.54. The van der Waals surface area contributed by atoms with Crippen molar-refractivity contribution in [3.8, 4) is 56.6 Å². The SMILES string of the molecule is Cc1cc(F)cc(-c2cc(C(C)(C)C)cc(-n3cccc3)c2O)c1OCCCOc1c(C)cc(F)cc1-c1cc(C(C)(C)C)cc(-n2c3cc(C(C)(C)C)ccc3c3ccc(C(C)(C)C)cc32)c1O. The van der Waals surface area contributed by atoms with E-state index in [-0.39, 0.29) is 46.4 Å². The Morgan fingerprint density at radius 1 is 0.464 bits per heavy atom. The van der Waals surface area contributed by atoms with Crippen LogP contribution in [-0.2, 0) is 21.7 Å². The summed E-state index contributed by atoms with van der Waals surface area (Å²) in [5.74, 6) is 0.0583. The van der Waals surface area contributed by atoms with Gasteiger partial charge in [0.25, 0.3) is 0 Å². The number of aryl methyl sites for hydroxylation is 2. The zero-order valence-electron chi connectivity index (χ0n) is 42.9. The zero-order chi connectivity index (χ0) is 50.1. The molecule has 69 heavy (non-hydrogen) atoms. The van der Waals surface area contributed by atoms with Crippen LogP contribution in [0.1, 0.15) is 123 Å². The maximum atomic E-state index is 15.8. The minimum atomic E-state index is -0.445. The van der Waals surface area contributed by atoms with E-state index in [1.54, 1.807) is 6.92 Å². The van der Waals surface area contributed by atoms with Crippen LogP contribution in [0.15, 0.2) is 109 Å². The summed E-state index contributed by atoms with van der Waals surface area (Å²) in [6.45, 7) is 29.9. The maximum Gasteiger partial charge on any atom is 0.147 e. The Morgan fingerprint density at radius 3 is 1.26 bits per heavy atom. The first-order valence-corrected chi connectivity index (χ1v) is 24.1. The van der Waals surface area contributed by atoms with E-state index >= 15 is 8.78 Å². The van der Waals surface area contributed by atoms with Crippen LogP contribution >= 0.6 is 0 Å². The fraction of sp³-hybridized carbons (Fsp3) is 0.344. The summed E-state index contributed by atoms with van der Waals surface area (Å²) in [4.78, 5) is 0. The number of phenolic OH excluding ortho intramolecular Hbond substituents is 2. The van der Waals surface area contributed by atoms with Gasteiger partial charge in [0.2, 0.25) is 0 Å². The molecular formula is C61H68F2N2O4. The van der Waals surface area contributed by atoms with Crippen LogP contribution in [0, 0.1) is 25.5 Å². The summed E-state index contributed by atoms with van der Waals surface area (Å²) in [5, 5.41) is 26.7. The molecule has 0 saturated heterocycles. The molecule has 0 aliphatic rings. The normalized spacial score (nSPS) is 12.6. The van der Waals surface area contributed by atoms with Gasteiger partial charge in [-0.15, -0.1) is 0 Å². The molecule has 8 rings (SSSR count). The van der Waals surface area contributed by atoms with Crippen LogP contribution in [0.5, 0.6) is 23.0 Å². The third-order valence-electron chi connectivity index (χ3n) is 13.4. The van der Waals surface area contributed by atoms with Crippen molar-refractivity contribution in [2.75, 3.05) is 13.2 Å². The largest absolute Gasteiger partial charge is 0.505 e. The summed E-state index contributed by atoms with van der Waals surface area (Å²) in [6, 6.07) is 30.7. The lowest BCUT2D eigenvalue weighted by Crippen LogP contribution is -2.13. The van der Waals surface area contributed by atoms with E-state index in [0.29, 0.717) is 62.7 Å². The number of aromatic nitrogens is 2. The monoisotopic (exact) mass is 931 g/mol. The van der Waals surface area contributed by atoms with E-state index < -0.39 is 11.6 Å². The number of hydrogen-bond acceptors (Lipinski definition) is 4. The number of rotatable bonds is 10. The Kier molecular flexibility index (Phi) is 12.6. The van der Waals surface area contributed by atoms with Crippen LogP contribution in [0.4, 0.5) is 8.78 Å². The number of fused-ring (bicyclic) bond motifs is 3. The van der Waals surface area contributed by atoms with Gasteiger partial charge in [-0.05, 0) is 142 Å². The lowest BCUT2D eigenvalue weighted by molar-refractivity contribution is 0.246. The first-order chi connectivity index (χ1) is 32.2. The van der Waals surface area contributed by atoms with Crippen molar-refractivity contribution >= 4 is 21.8 Å². The van der Waals surface area contributed by atoms with Crippen LogP contribution < -0.4 is 9.47 Å². The predicted molar refractivity (Wildman–Crippen MR) is 281 cm³/mol. The van der Waals surface area contributed by atoms with Gasteiger partial charge in [-0.25, -0.2) is 8.78 Å². The van der Waals surface area contributed by atoms with Crippen LogP contribution in [0.3, 0.4) is 0 Å². The van der Waals surface area contributed by atoms with E-state index in [4.69, 9.17) is 9.47 Å². The summed E-state index contributed by atoms with van der Waals surface area (Å²) in [7, 11) is 0. The van der Waals surface area contributed by atoms with Crippen molar-refractivity contribution < 1.29 is 28.5 Å². The van der Waals surface area contributed by atoms with Crippen molar-refractivity contribution in [2.24, 2.45) is 0 Å². The molecule has 0 aliphatic heterocycles. The molecule has 8 heteroatoms. The molecule has 2 N–H and O–H groups in total. The molecule has 0 amide bonds. The van der Waals surface area contributed by atoms with Crippen molar-refractivity contribution in [1.29, 1.82) is 0 Å². The smallest absolute Gasteiger partial charge is 0.147 e. The third-order valence-corrected chi connectivity index (χ3v) is 13.4. The van der Waals surface area contributed by atoms with Gasteiger partial charge >= 0.3 is 0 Å². The number of halogens is 2. The second-order valence-electron chi connectivity index (χ2n) is 22.9. The van der Waals surface area contributed by atoms with Crippen molar-refractivity contribution in [3.05, 3.63) is 154 Å². The van der Waals surface area contributed by atoms with Gasteiger partial charge in [-0.3, -0.25) is 0 Å². The zero-order valence-corrected chi connectivity index (χ0v) is 42.9. The Labute approximate surface area is 407 Å². The molecule has 2 heterocycles. The standard InChI is InChI=1S/C61H68F2N2O4/c1-36-26-42(62)34-48(46-28-40(60(9,10)11)32-52(54(46)66)64-22-15-16-23-64)56(36)68-24-17-25-69-57-37(2)27-43(63)35-49(57)47-29-41(61(12,13)14)33-53(55(47)67)65-50-30-38(58(3,4)5)18-20-44(50)45-21-19-39(31-51(45)65)59(6,7)8/h15-16,18-23,26-35,66-67H,17,24-25H2,1-14H3. The average molecular weight is 931 g/mol. The number of hydrogen-bond donors (Lipinski definition) is 2. The fourth-order valence-electron chi connectivity index (χ4n) is 9.24. The highest BCUT2D eigenvalue weighted by Gasteiger charge is 2.28. The molecule has 6 nitrogen and oxygen atoms in total. The molecular weight excluding hydrogens is 863 g/mol. The average Bonchev–Trinajstić information content (AvgIpc) is 3.90. The second kappa shape index (κ2) is 17.8. The quantitative estimate of drug-likeness (QED) is 0.134. The predicted octanol–water partition coefficient (Wildman–Crippen LogP) is 16.3. The minimum absolute atomic E-state index is 0.0142. The highest BCUT2D eigenvalue weighted by atomic mass is 19.1. The topological polar surface area (TPSA) is 68.8 Å². The molecule has 0 saturated carbocycles. The molecule has 0 unspecified atom stereocenters. The molecule has 6 aromatic carbocycles. The van der Waals surface area contributed by atoms with E-state index in [9.17, 15) is 10.2 Å². The van der Waals surface area contributed by atoms with E-state index in [0.717, 1.165) is 32.9 Å². The van der Waals surface area contributed by atoms with Gasteiger partial charge in [0.15, 0.2) is 0 Å². The lowest BCUT2D eigenvalue weighted by Gasteiger charge is -2.25. The van der Waals surface area contributed by atoms with Crippen molar-refractivity contribution in [3.63, 3.8) is 0 Å². The highest BCUT2D eigenvalue weighted by Crippen LogP contribution is 2.48.